The van der Waals surface area contributed by atoms with Gasteiger partial charge in [0.2, 0.25) is 0 Å². The number of benzene rings is 2. The van der Waals surface area contributed by atoms with E-state index < -0.39 is 29.5 Å². The molecule has 30 heavy (non-hydrogen) atoms. The molecule has 1 unspecified atom stereocenters. The van der Waals surface area contributed by atoms with Gasteiger partial charge in [0.1, 0.15) is 23.3 Å². The number of nitrogens with two attached hydrogens (primary N) is 1. The Hall–Kier alpha value is -3.72. The molecule has 3 rings (SSSR count). The minimum Gasteiger partial charge on any atom is -0.383 e. The third kappa shape index (κ3) is 4.15. The molecule has 9 heteroatoms. The van der Waals surface area contributed by atoms with E-state index >= 15 is 0 Å². The summed E-state index contributed by atoms with van der Waals surface area (Å²) in [5.41, 5.74) is 6.17. The Kier molecular flexibility index (Phi) is 5.84. The average molecular weight is 415 g/mol. The first-order valence-electron chi connectivity index (χ1n) is 8.66. The van der Waals surface area contributed by atoms with E-state index in [9.17, 15) is 27.9 Å². The maximum Gasteiger partial charge on any atom is 0.257 e. The van der Waals surface area contributed by atoms with Gasteiger partial charge in [-0.1, -0.05) is 6.07 Å². The highest BCUT2D eigenvalue weighted by atomic mass is 19.1. The molecule has 1 amide bonds. The summed E-state index contributed by atoms with van der Waals surface area (Å²) < 4.78 is 41.4. The number of hydrogen-bond acceptors (Lipinski definition) is 5. The summed E-state index contributed by atoms with van der Waals surface area (Å²) in [6, 6.07) is 6.40. The molecule has 0 spiro atoms. The molecule has 0 aliphatic rings. The molecule has 1 aromatic heterocycles. The van der Waals surface area contributed by atoms with Gasteiger partial charge in [0.15, 0.2) is 12.4 Å². The zero-order valence-electron chi connectivity index (χ0n) is 15.6. The molecule has 154 valence electrons. The number of rotatable bonds is 5. The Morgan fingerprint density at radius 3 is 2.47 bits per heavy atom. The van der Waals surface area contributed by atoms with E-state index in [1.807, 2.05) is 0 Å². The largest absolute Gasteiger partial charge is 0.383 e. The molecular formula is C21H16F3N3O3. The van der Waals surface area contributed by atoms with Crippen molar-refractivity contribution in [2.45, 2.75) is 13.0 Å². The summed E-state index contributed by atoms with van der Waals surface area (Å²) in [5.74, 6) is -3.74. The number of aliphatic hydroxyl groups is 1. The Morgan fingerprint density at radius 1 is 1.17 bits per heavy atom. The van der Waals surface area contributed by atoms with Crippen molar-refractivity contribution in [3.63, 3.8) is 0 Å². The first kappa shape index (κ1) is 21.0. The van der Waals surface area contributed by atoms with Gasteiger partial charge in [-0.3, -0.25) is 9.59 Å². The topological polar surface area (TPSA) is 105 Å². The molecule has 0 fully saturated rings. The van der Waals surface area contributed by atoms with Crippen molar-refractivity contribution in [2.24, 2.45) is 0 Å². The van der Waals surface area contributed by atoms with Gasteiger partial charge in [-0.2, -0.15) is 0 Å². The number of carbonyl (C=O) groups is 2. The SMILES string of the molecule is Cc1c(-c2cnc(N)c(C=O)c2)ccc(NC(=O)C(O)c2cc(F)cc(F)c2)c1F. The van der Waals surface area contributed by atoms with Crippen molar-refractivity contribution >= 4 is 23.7 Å². The Labute approximate surface area is 169 Å². The molecule has 0 aliphatic carbocycles. The molecular weight excluding hydrogens is 399 g/mol. The number of hydrogen-bond donors (Lipinski definition) is 3. The van der Waals surface area contributed by atoms with Crippen LogP contribution in [0.3, 0.4) is 0 Å². The number of amides is 1. The van der Waals surface area contributed by atoms with E-state index in [0.29, 0.717) is 23.5 Å². The van der Waals surface area contributed by atoms with Crippen molar-refractivity contribution in [1.82, 2.24) is 4.98 Å². The summed E-state index contributed by atoms with van der Waals surface area (Å²) in [7, 11) is 0. The lowest BCUT2D eigenvalue weighted by Crippen LogP contribution is -2.22. The van der Waals surface area contributed by atoms with Gasteiger partial charge in [0.25, 0.3) is 5.91 Å². The maximum absolute atomic E-state index is 14.8. The normalized spacial score (nSPS) is 11.8. The highest BCUT2D eigenvalue weighted by molar-refractivity contribution is 5.95. The molecule has 4 N–H and O–H groups in total. The number of aldehydes is 1. The minimum atomic E-state index is -1.91. The fourth-order valence-corrected chi connectivity index (χ4v) is 2.91. The van der Waals surface area contributed by atoms with Crippen molar-refractivity contribution in [2.75, 3.05) is 11.1 Å². The van der Waals surface area contributed by atoms with Crippen molar-refractivity contribution in [1.29, 1.82) is 0 Å². The van der Waals surface area contributed by atoms with Crippen LogP contribution in [0.1, 0.15) is 27.6 Å². The van der Waals surface area contributed by atoms with Gasteiger partial charge in [-0.25, -0.2) is 18.2 Å². The van der Waals surface area contributed by atoms with E-state index in [4.69, 9.17) is 5.73 Å². The second-order valence-electron chi connectivity index (χ2n) is 6.51. The third-order valence-corrected chi connectivity index (χ3v) is 4.48. The highest BCUT2D eigenvalue weighted by Gasteiger charge is 2.21. The van der Waals surface area contributed by atoms with E-state index in [1.165, 1.54) is 31.3 Å². The lowest BCUT2D eigenvalue weighted by atomic mass is 9.99. The van der Waals surface area contributed by atoms with Gasteiger partial charge >= 0.3 is 0 Å². The molecule has 3 aromatic rings. The van der Waals surface area contributed by atoms with E-state index in [2.05, 4.69) is 10.3 Å². The standard InChI is InChI=1S/C21H16F3N3O3/c1-10-16(12-4-13(9-28)20(25)26-8-12)2-3-17(18(10)24)27-21(30)19(29)11-5-14(22)7-15(23)6-11/h2-9,19,29H,1H3,(H2,25,26)(H,27,30). The molecule has 2 aromatic carbocycles. The van der Waals surface area contributed by atoms with Gasteiger partial charge in [-0.15, -0.1) is 0 Å². The van der Waals surface area contributed by atoms with Crippen LogP contribution in [-0.4, -0.2) is 22.3 Å². The number of aliphatic hydroxyl groups excluding tert-OH is 1. The van der Waals surface area contributed by atoms with Crippen LogP contribution in [0.2, 0.25) is 0 Å². The molecule has 1 atom stereocenters. The average Bonchev–Trinajstić information content (AvgIpc) is 2.71. The van der Waals surface area contributed by atoms with Crippen molar-refractivity contribution < 1.29 is 27.9 Å². The van der Waals surface area contributed by atoms with Crippen LogP contribution in [-0.2, 0) is 4.79 Å². The fraction of sp³-hybridized carbons (Fsp3) is 0.0952. The predicted octanol–water partition coefficient (Wildman–Crippen LogP) is 3.54. The summed E-state index contributed by atoms with van der Waals surface area (Å²) in [6.07, 6.45) is -0.000998. The summed E-state index contributed by atoms with van der Waals surface area (Å²) >= 11 is 0. The lowest BCUT2D eigenvalue weighted by molar-refractivity contribution is -0.124. The number of nitrogens with zero attached hydrogens (tertiary/aromatic N) is 1. The molecule has 1 heterocycles. The third-order valence-electron chi connectivity index (χ3n) is 4.48. The number of aromatic nitrogens is 1. The molecule has 6 nitrogen and oxygen atoms in total. The summed E-state index contributed by atoms with van der Waals surface area (Å²) in [4.78, 5) is 27.2. The van der Waals surface area contributed by atoms with E-state index in [1.54, 1.807) is 0 Å². The van der Waals surface area contributed by atoms with Crippen molar-refractivity contribution in [3.8, 4) is 11.1 Å². The van der Waals surface area contributed by atoms with Crippen LogP contribution in [0.4, 0.5) is 24.7 Å². The molecule has 0 bridgehead atoms. The monoisotopic (exact) mass is 415 g/mol. The zero-order chi connectivity index (χ0) is 22.0. The summed E-state index contributed by atoms with van der Waals surface area (Å²) in [5, 5.41) is 12.3. The van der Waals surface area contributed by atoms with E-state index in [0.717, 1.165) is 12.1 Å². The van der Waals surface area contributed by atoms with Crippen molar-refractivity contribution in [3.05, 3.63) is 76.7 Å². The second kappa shape index (κ2) is 8.34. The Morgan fingerprint density at radius 2 is 1.83 bits per heavy atom. The quantitative estimate of drug-likeness (QED) is 0.553. The van der Waals surface area contributed by atoms with Gasteiger partial charge in [0.05, 0.1) is 11.3 Å². The smallest absolute Gasteiger partial charge is 0.257 e. The van der Waals surface area contributed by atoms with Crippen LogP contribution >= 0.6 is 0 Å². The van der Waals surface area contributed by atoms with Crippen LogP contribution in [0, 0.1) is 24.4 Å². The minimum absolute atomic E-state index is 0.0403. The number of anilines is 2. The molecule has 0 aliphatic heterocycles. The van der Waals surface area contributed by atoms with Gasteiger partial charge in [-0.05, 0) is 47.9 Å². The van der Waals surface area contributed by atoms with Crippen LogP contribution in [0.15, 0.2) is 42.6 Å². The van der Waals surface area contributed by atoms with Crippen LogP contribution < -0.4 is 11.1 Å². The second-order valence-corrected chi connectivity index (χ2v) is 6.51. The van der Waals surface area contributed by atoms with Crippen LogP contribution in [0.5, 0.6) is 0 Å². The Balaban J connectivity index is 1.88. The van der Waals surface area contributed by atoms with Gasteiger partial charge < -0.3 is 16.2 Å². The highest BCUT2D eigenvalue weighted by Crippen LogP contribution is 2.30. The van der Waals surface area contributed by atoms with Gasteiger partial charge in [0, 0.05) is 17.8 Å². The number of pyridine rings is 1. The first-order chi connectivity index (χ1) is 14.2. The number of nitrogen functional groups attached to an aromatic ring is 1. The molecule has 0 saturated carbocycles. The molecule has 0 radical (unpaired) electrons. The number of halogens is 3. The number of nitrogens with one attached hydrogen (secondary N) is 1. The summed E-state index contributed by atoms with van der Waals surface area (Å²) in [6.45, 7) is 1.45. The predicted molar refractivity (Wildman–Crippen MR) is 104 cm³/mol. The zero-order valence-corrected chi connectivity index (χ0v) is 15.6. The molecule has 0 saturated heterocycles. The maximum atomic E-state index is 14.8. The first-order valence-corrected chi connectivity index (χ1v) is 8.66. The van der Waals surface area contributed by atoms with Crippen LogP contribution in [0.25, 0.3) is 11.1 Å². The lowest BCUT2D eigenvalue weighted by Gasteiger charge is -2.15. The fourth-order valence-electron chi connectivity index (χ4n) is 2.91. The van der Waals surface area contributed by atoms with E-state index in [-0.39, 0.29) is 28.2 Å². The number of carbonyl (C=O) groups excluding carboxylic acids is 2. The Bertz CT molecular complexity index is 1130.